The molecular weight excluding hydrogens is 548 g/mol. The number of halogens is 5. The largest absolute Gasteiger partial charge is 0.414 e. The monoisotopic (exact) mass is 574 g/mol. The normalized spacial score (nSPS) is 22.9. The van der Waals surface area contributed by atoms with E-state index in [9.17, 15) is 30.8 Å². The summed E-state index contributed by atoms with van der Waals surface area (Å²) in [6.45, 7) is 0.206. The Labute approximate surface area is 223 Å². The van der Waals surface area contributed by atoms with Gasteiger partial charge in [0.25, 0.3) is 0 Å². The molecule has 2 aliphatic heterocycles. The molecule has 38 heavy (non-hydrogen) atoms. The fraction of sp³-hybridized carbons (Fsp3) is 0.520. The summed E-state index contributed by atoms with van der Waals surface area (Å²) in [5.41, 5.74) is 1.53. The minimum atomic E-state index is -4.76. The van der Waals surface area contributed by atoms with Gasteiger partial charge in [0.2, 0.25) is 0 Å². The van der Waals surface area contributed by atoms with E-state index in [4.69, 9.17) is 11.6 Å². The first-order valence-electron chi connectivity index (χ1n) is 12.5. The highest BCUT2D eigenvalue weighted by molar-refractivity contribution is 7.91. The van der Waals surface area contributed by atoms with Crippen LogP contribution in [-0.2, 0) is 22.7 Å². The summed E-state index contributed by atoms with van der Waals surface area (Å²) in [5.74, 6) is -0.609. The van der Waals surface area contributed by atoms with Gasteiger partial charge in [-0.15, -0.1) is 0 Å². The van der Waals surface area contributed by atoms with Gasteiger partial charge in [-0.3, -0.25) is 4.98 Å². The van der Waals surface area contributed by atoms with E-state index in [2.05, 4.69) is 10.3 Å². The lowest BCUT2D eigenvalue weighted by atomic mass is 10.1. The van der Waals surface area contributed by atoms with E-state index in [1.807, 2.05) is 0 Å². The van der Waals surface area contributed by atoms with Crippen LogP contribution in [0, 0.1) is 5.82 Å². The molecule has 0 radical (unpaired) electrons. The molecule has 2 atom stereocenters. The predicted octanol–water partition coefficient (Wildman–Crippen LogP) is 4.76. The Balaban J connectivity index is 1.30. The molecule has 206 valence electrons. The Bertz CT molecular complexity index is 1310. The Morgan fingerprint density at radius 3 is 2.47 bits per heavy atom. The second-order valence-corrected chi connectivity index (χ2v) is 12.8. The molecule has 1 N–H and O–H groups in total. The van der Waals surface area contributed by atoms with E-state index >= 15 is 0 Å². The third-order valence-electron chi connectivity index (χ3n) is 7.52. The van der Waals surface area contributed by atoms with Crippen molar-refractivity contribution in [3.63, 3.8) is 0 Å². The Hall–Kier alpha value is -2.60. The molecule has 2 aromatic rings. The number of benzene rings is 1. The van der Waals surface area contributed by atoms with Gasteiger partial charge in [-0.2, -0.15) is 13.2 Å². The van der Waals surface area contributed by atoms with Crippen molar-refractivity contribution >= 4 is 33.2 Å². The number of carbonyl (C=O) groups is 1. The summed E-state index contributed by atoms with van der Waals surface area (Å²) < 4.78 is 80.7. The van der Waals surface area contributed by atoms with Crippen molar-refractivity contribution in [3.8, 4) is 0 Å². The summed E-state index contributed by atoms with van der Waals surface area (Å²) in [5, 5.41) is 3.24. The van der Waals surface area contributed by atoms with E-state index in [1.54, 1.807) is 6.07 Å². The smallest absolute Gasteiger partial charge is 0.380 e. The van der Waals surface area contributed by atoms with Crippen LogP contribution in [0.3, 0.4) is 0 Å². The maximum atomic E-state index is 14.3. The topological polar surface area (TPSA) is 82.6 Å². The number of aromatic nitrogens is 1. The van der Waals surface area contributed by atoms with Crippen molar-refractivity contribution in [1.82, 2.24) is 14.8 Å². The average molecular weight is 575 g/mol. The quantitative estimate of drug-likeness (QED) is 0.521. The molecule has 1 aromatic heterocycles. The SMILES string of the molecule is O=C1N(C2CCS(=O)(=O)CC2)CCCN1C(c1ccc(NC2Cc3ccc(Cl)c(F)c3C2)cn1)C(F)(F)F. The second-order valence-electron chi connectivity index (χ2n) is 10.1. The predicted molar refractivity (Wildman–Crippen MR) is 134 cm³/mol. The lowest BCUT2D eigenvalue weighted by molar-refractivity contribution is -0.183. The van der Waals surface area contributed by atoms with Crippen LogP contribution in [0.5, 0.6) is 0 Å². The van der Waals surface area contributed by atoms with Crippen LogP contribution < -0.4 is 5.32 Å². The van der Waals surface area contributed by atoms with Crippen molar-refractivity contribution in [1.29, 1.82) is 0 Å². The molecule has 1 aliphatic carbocycles. The number of hydrogen-bond donors (Lipinski definition) is 1. The number of rotatable bonds is 5. The fourth-order valence-corrected chi connectivity index (χ4v) is 7.30. The Morgan fingerprint density at radius 2 is 1.82 bits per heavy atom. The lowest BCUT2D eigenvalue weighted by Crippen LogP contribution is -2.57. The number of sulfone groups is 1. The van der Waals surface area contributed by atoms with Gasteiger partial charge in [-0.05, 0) is 61.4 Å². The third kappa shape index (κ3) is 5.42. The van der Waals surface area contributed by atoms with E-state index in [0.717, 1.165) is 10.5 Å². The Morgan fingerprint density at radius 1 is 1.08 bits per heavy atom. The van der Waals surface area contributed by atoms with Crippen LogP contribution in [0.1, 0.15) is 42.1 Å². The second kappa shape index (κ2) is 10.2. The number of alkyl halides is 3. The maximum absolute atomic E-state index is 14.3. The average Bonchev–Trinajstić information content (AvgIpc) is 3.27. The van der Waals surface area contributed by atoms with Gasteiger partial charge in [0.05, 0.1) is 34.1 Å². The Kier molecular flexibility index (Phi) is 7.23. The number of pyridine rings is 1. The molecule has 1 aromatic carbocycles. The number of nitrogens with one attached hydrogen (secondary N) is 1. The molecule has 0 saturated carbocycles. The van der Waals surface area contributed by atoms with Gasteiger partial charge in [-0.1, -0.05) is 17.7 Å². The zero-order valence-electron chi connectivity index (χ0n) is 20.3. The molecule has 3 heterocycles. The minimum absolute atomic E-state index is 0.0490. The van der Waals surface area contributed by atoms with Crippen molar-refractivity contribution in [2.45, 2.75) is 56.4 Å². The highest BCUT2D eigenvalue weighted by atomic mass is 35.5. The molecule has 0 spiro atoms. The first-order valence-corrected chi connectivity index (χ1v) is 14.7. The van der Waals surface area contributed by atoms with Crippen LogP contribution in [0.15, 0.2) is 30.5 Å². The third-order valence-corrected chi connectivity index (χ3v) is 9.53. The summed E-state index contributed by atoms with van der Waals surface area (Å²) in [6, 6.07) is 2.44. The first-order chi connectivity index (χ1) is 17.9. The van der Waals surface area contributed by atoms with Crippen LogP contribution in [0.4, 0.5) is 28.0 Å². The number of carbonyl (C=O) groups excluding carboxylic acids is 1. The molecule has 3 aliphatic rings. The highest BCUT2D eigenvalue weighted by Crippen LogP contribution is 2.39. The summed E-state index contributed by atoms with van der Waals surface area (Å²) in [6.07, 6.45) is -1.77. The molecule has 7 nitrogen and oxygen atoms in total. The molecule has 13 heteroatoms. The number of amides is 2. The molecule has 5 rings (SSSR count). The molecule has 0 bridgehead atoms. The summed E-state index contributed by atoms with van der Waals surface area (Å²) in [4.78, 5) is 19.5. The van der Waals surface area contributed by atoms with Crippen LogP contribution >= 0.6 is 11.6 Å². The van der Waals surface area contributed by atoms with E-state index in [-0.39, 0.29) is 54.2 Å². The van der Waals surface area contributed by atoms with Gasteiger partial charge in [0.15, 0.2) is 6.04 Å². The zero-order valence-corrected chi connectivity index (χ0v) is 21.9. The highest BCUT2D eigenvalue weighted by Gasteiger charge is 2.50. The summed E-state index contributed by atoms with van der Waals surface area (Å²) >= 11 is 5.87. The van der Waals surface area contributed by atoms with Crippen molar-refractivity contribution in [2.24, 2.45) is 0 Å². The van der Waals surface area contributed by atoms with Crippen LogP contribution in [0.2, 0.25) is 5.02 Å². The van der Waals surface area contributed by atoms with E-state index in [0.29, 0.717) is 30.5 Å². The zero-order chi connectivity index (χ0) is 27.2. The van der Waals surface area contributed by atoms with Crippen LogP contribution in [0.25, 0.3) is 0 Å². The van der Waals surface area contributed by atoms with E-state index < -0.39 is 39.9 Å². The van der Waals surface area contributed by atoms with Gasteiger partial charge < -0.3 is 15.1 Å². The summed E-state index contributed by atoms with van der Waals surface area (Å²) in [7, 11) is -3.17. The number of fused-ring (bicyclic) bond motifs is 1. The number of anilines is 1. The van der Waals surface area contributed by atoms with Gasteiger partial charge in [0, 0.05) is 25.2 Å². The van der Waals surface area contributed by atoms with Gasteiger partial charge >= 0.3 is 12.2 Å². The number of nitrogens with zero attached hydrogens (tertiary/aromatic N) is 3. The molecular formula is C25H27ClF4N4O3S. The fourth-order valence-electron chi connectivity index (χ4n) is 5.66. The van der Waals surface area contributed by atoms with Crippen LogP contribution in [-0.4, -0.2) is 72.1 Å². The molecule has 2 fully saturated rings. The minimum Gasteiger partial charge on any atom is -0.380 e. The first kappa shape index (κ1) is 27.0. The van der Waals surface area contributed by atoms with E-state index in [1.165, 1.54) is 29.3 Å². The lowest BCUT2D eigenvalue weighted by Gasteiger charge is -2.44. The van der Waals surface area contributed by atoms with Crippen molar-refractivity contribution in [2.75, 3.05) is 29.9 Å². The molecule has 2 unspecified atom stereocenters. The number of urea groups is 1. The van der Waals surface area contributed by atoms with Crippen molar-refractivity contribution in [3.05, 3.63) is 58.1 Å². The molecule has 2 saturated heterocycles. The van der Waals surface area contributed by atoms with Gasteiger partial charge in [0.1, 0.15) is 15.7 Å². The standard InChI is InChI=1S/C25H27ClF4N4O3S/c26-20-4-2-15-12-17(13-19(15)22(20)27)32-16-3-5-21(31-14-16)23(25(28,29)30)34-9-1-8-33(24(34)35)18-6-10-38(36,37)11-7-18/h2-5,14,17-18,23,32H,1,6-13H2. The molecule has 2 amide bonds. The maximum Gasteiger partial charge on any atom is 0.414 e. The number of hydrogen-bond acceptors (Lipinski definition) is 5. The van der Waals surface area contributed by atoms with Crippen molar-refractivity contribution < 1.29 is 30.8 Å². The van der Waals surface area contributed by atoms with Gasteiger partial charge in [-0.25, -0.2) is 17.6 Å².